The summed E-state index contributed by atoms with van der Waals surface area (Å²) in [7, 11) is 1.87. The van der Waals surface area contributed by atoms with Gasteiger partial charge in [0.05, 0.1) is 11.3 Å². The largest absolute Gasteiger partial charge is 0.490 e. The van der Waals surface area contributed by atoms with Crippen LogP contribution in [0.5, 0.6) is 0 Å². The number of nitrogens with zero attached hydrogens (tertiary/aromatic N) is 3. The number of rotatable bonds is 8. The molecule has 4 amide bonds. The second-order valence-corrected chi connectivity index (χ2v) is 12.6. The van der Waals surface area contributed by atoms with E-state index in [0.29, 0.717) is 50.4 Å². The number of aliphatic carboxylic acids is 1. The van der Waals surface area contributed by atoms with Crippen molar-refractivity contribution in [1.82, 2.24) is 20.1 Å². The van der Waals surface area contributed by atoms with Crippen molar-refractivity contribution in [3.63, 3.8) is 0 Å². The Morgan fingerprint density at radius 1 is 1.06 bits per heavy atom. The molecule has 2 unspecified atom stereocenters. The van der Waals surface area contributed by atoms with Crippen molar-refractivity contribution < 1.29 is 42.3 Å². The number of likely N-dealkylation sites (tertiary alicyclic amines) is 1. The maximum absolute atomic E-state index is 13.8. The molecular formula is C35H37F3N6O6. The van der Waals surface area contributed by atoms with Crippen LogP contribution in [-0.2, 0) is 55.3 Å². The van der Waals surface area contributed by atoms with Crippen LogP contribution < -0.4 is 16.0 Å². The lowest BCUT2D eigenvalue weighted by atomic mass is 9.79. The first kappa shape index (κ1) is 36.0. The number of carbonyl (C=O) groups excluding carboxylic acids is 4. The molecule has 12 nitrogen and oxygen atoms in total. The van der Waals surface area contributed by atoms with E-state index in [1.807, 2.05) is 61.6 Å². The minimum absolute atomic E-state index is 0.0489. The van der Waals surface area contributed by atoms with Crippen LogP contribution in [-0.4, -0.2) is 82.3 Å². The van der Waals surface area contributed by atoms with Crippen molar-refractivity contribution in [2.45, 2.75) is 50.9 Å². The predicted octanol–water partition coefficient (Wildman–Crippen LogP) is 3.26. The number of benzene rings is 2. The Kier molecular flexibility index (Phi) is 10.6. The van der Waals surface area contributed by atoms with Gasteiger partial charge in [-0.1, -0.05) is 36.4 Å². The van der Waals surface area contributed by atoms with Crippen molar-refractivity contribution in [1.29, 1.82) is 0 Å². The number of carboxylic acids is 1. The Morgan fingerprint density at radius 2 is 1.76 bits per heavy atom. The molecule has 1 fully saturated rings. The highest BCUT2D eigenvalue weighted by molar-refractivity contribution is 6.06. The molecule has 1 spiro atoms. The van der Waals surface area contributed by atoms with Crippen LogP contribution in [0.2, 0.25) is 0 Å². The quantitative estimate of drug-likeness (QED) is 0.280. The summed E-state index contributed by atoms with van der Waals surface area (Å²) in [5.41, 5.74) is 4.94. The van der Waals surface area contributed by atoms with E-state index in [2.05, 4.69) is 20.9 Å². The molecule has 0 bridgehead atoms. The molecule has 3 aliphatic rings. The van der Waals surface area contributed by atoms with E-state index in [1.165, 1.54) is 6.92 Å². The topological polar surface area (TPSA) is 161 Å². The summed E-state index contributed by atoms with van der Waals surface area (Å²) in [5.74, 6) is -3.02. The minimum Gasteiger partial charge on any atom is -0.475 e. The number of carbonyl (C=O) groups is 5. The number of carboxylic acid groups (broad SMARTS) is 1. The SMILES string of the molecule is CNCc1ccccc1CN(CC(=O)Nc1ccc2c(c1)CC1(C2)C(=O)Nc2ncccc21)C(=O)C1CCN(C(C)=O)C1.O=C(O)C(F)(F)F. The lowest BCUT2D eigenvalue weighted by Gasteiger charge is -2.26. The summed E-state index contributed by atoms with van der Waals surface area (Å²) in [5, 5.41) is 16.2. The van der Waals surface area contributed by atoms with Gasteiger partial charge >= 0.3 is 12.1 Å². The average Bonchev–Trinajstić information content (AvgIpc) is 3.78. The van der Waals surface area contributed by atoms with Gasteiger partial charge in [0.15, 0.2) is 0 Å². The van der Waals surface area contributed by atoms with Gasteiger partial charge in [-0.25, -0.2) is 9.78 Å². The van der Waals surface area contributed by atoms with E-state index < -0.39 is 17.6 Å². The van der Waals surface area contributed by atoms with Crippen LogP contribution in [0.15, 0.2) is 60.8 Å². The predicted molar refractivity (Wildman–Crippen MR) is 176 cm³/mol. The highest BCUT2D eigenvalue weighted by Crippen LogP contribution is 2.47. The van der Waals surface area contributed by atoms with Crippen LogP contribution in [0, 0.1) is 5.92 Å². The smallest absolute Gasteiger partial charge is 0.475 e. The molecule has 1 saturated heterocycles. The Bertz CT molecular complexity index is 1820. The Balaban J connectivity index is 0.000000630. The first-order valence-electron chi connectivity index (χ1n) is 16.0. The van der Waals surface area contributed by atoms with E-state index in [4.69, 9.17) is 9.90 Å². The number of anilines is 2. The lowest BCUT2D eigenvalue weighted by molar-refractivity contribution is -0.192. The summed E-state index contributed by atoms with van der Waals surface area (Å²) < 4.78 is 31.7. The lowest BCUT2D eigenvalue weighted by Crippen LogP contribution is -2.42. The number of hydrogen-bond donors (Lipinski definition) is 4. The molecule has 1 aromatic heterocycles. The first-order chi connectivity index (χ1) is 23.7. The third-order valence-corrected chi connectivity index (χ3v) is 9.18. The van der Waals surface area contributed by atoms with Gasteiger partial charge in [-0.05, 0) is 66.8 Å². The van der Waals surface area contributed by atoms with Crippen LogP contribution in [0.25, 0.3) is 0 Å². The van der Waals surface area contributed by atoms with E-state index in [-0.39, 0.29) is 42.6 Å². The number of amides is 4. The minimum atomic E-state index is -5.08. The molecule has 4 N–H and O–H groups in total. The number of hydrogen-bond acceptors (Lipinski definition) is 7. The molecular weight excluding hydrogens is 657 g/mol. The van der Waals surface area contributed by atoms with Crippen molar-refractivity contribution in [3.05, 3.63) is 88.6 Å². The van der Waals surface area contributed by atoms with Gasteiger partial charge in [-0.3, -0.25) is 19.2 Å². The summed E-state index contributed by atoms with van der Waals surface area (Å²) in [6.45, 7) is 3.22. The molecule has 3 heterocycles. The number of aromatic nitrogens is 1. The van der Waals surface area contributed by atoms with E-state index >= 15 is 0 Å². The molecule has 50 heavy (non-hydrogen) atoms. The Hall–Kier alpha value is -5.31. The number of halogens is 3. The van der Waals surface area contributed by atoms with Crippen molar-refractivity contribution >= 4 is 41.1 Å². The van der Waals surface area contributed by atoms with Crippen LogP contribution in [0.1, 0.15) is 41.2 Å². The molecule has 2 aliphatic heterocycles. The van der Waals surface area contributed by atoms with Crippen LogP contribution in [0.4, 0.5) is 24.7 Å². The summed E-state index contributed by atoms with van der Waals surface area (Å²) >= 11 is 0. The summed E-state index contributed by atoms with van der Waals surface area (Å²) in [6.07, 6.45) is -1.73. The van der Waals surface area contributed by atoms with E-state index in [9.17, 15) is 32.3 Å². The maximum atomic E-state index is 13.8. The number of alkyl halides is 3. The fourth-order valence-corrected chi connectivity index (χ4v) is 6.72. The summed E-state index contributed by atoms with van der Waals surface area (Å²) in [4.78, 5) is 68.7. The summed E-state index contributed by atoms with van der Waals surface area (Å²) in [6, 6.07) is 17.4. The fraction of sp³-hybridized carbons (Fsp3) is 0.371. The average molecular weight is 695 g/mol. The highest BCUT2D eigenvalue weighted by Gasteiger charge is 2.51. The Morgan fingerprint density at radius 3 is 2.42 bits per heavy atom. The fourth-order valence-electron chi connectivity index (χ4n) is 6.72. The van der Waals surface area contributed by atoms with E-state index in [0.717, 1.165) is 27.8 Å². The van der Waals surface area contributed by atoms with Crippen LogP contribution >= 0.6 is 0 Å². The molecule has 3 aromatic rings. The van der Waals surface area contributed by atoms with Gasteiger partial charge in [0.2, 0.25) is 23.6 Å². The zero-order valence-corrected chi connectivity index (χ0v) is 27.5. The molecule has 2 atom stereocenters. The second kappa shape index (κ2) is 14.7. The molecule has 2 aromatic carbocycles. The third-order valence-electron chi connectivity index (χ3n) is 9.18. The van der Waals surface area contributed by atoms with Gasteiger partial charge in [-0.15, -0.1) is 0 Å². The van der Waals surface area contributed by atoms with Gasteiger partial charge in [0, 0.05) is 50.6 Å². The Labute approximate surface area is 286 Å². The first-order valence-corrected chi connectivity index (χ1v) is 16.0. The van der Waals surface area contributed by atoms with Gasteiger partial charge in [0.1, 0.15) is 12.4 Å². The van der Waals surface area contributed by atoms with Crippen molar-refractivity contribution in [2.75, 3.05) is 37.3 Å². The molecule has 0 saturated carbocycles. The molecule has 264 valence electrons. The second-order valence-electron chi connectivity index (χ2n) is 12.6. The standard InChI is InChI=1S/C33H36N6O4.C2HF3O2/c1-21(40)38-13-11-25(19-38)31(42)39(18-24-7-4-3-6-23(24)17-34-2)20-29(41)36-27-10-9-22-15-33(16-26(22)14-27)28-8-5-12-35-30(28)37-32(33)43;3-2(4,5)1(6)7/h3-10,12,14,25,34H,11,13,15-20H2,1-2H3,(H,36,41)(H,35,37,43);(H,6,7). The number of pyridine rings is 1. The number of fused-ring (bicyclic) bond motifs is 3. The molecule has 15 heteroatoms. The van der Waals surface area contributed by atoms with E-state index in [1.54, 1.807) is 16.0 Å². The zero-order valence-electron chi connectivity index (χ0n) is 27.5. The maximum Gasteiger partial charge on any atom is 0.490 e. The molecule has 0 radical (unpaired) electrons. The monoisotopic (exact) mass is 694 g/mol. The molecule has 6 rings (SSSR count). The van der Waals surface area contributed by atoms with Gasteiger partial charge in [-0.2, -0.15) is 13.2 Å². The van der Waals surface area contributed by atoms with Crippen LogP contribution in [0.3, 0.4) is 0 Å². The molecule has 1 aliphatic carbocycles. The third kappa shape index (κ3) is 7.77. The van der Waals surface area contributed by atoms with Gasteiger partial charge < -0.3 is 30.9 Å². The normalized spacial score (nSPS) is 18.9. The van der Waals surface area contributed by atoms with Crippen molar-refractivity contribution in [3.8, 4) is 0 Å². The van der Waals surface area contributed by atoms with Crippen molar-refractivity contribution in [2.24, 2.45) is 5.92 Å². The highest BCUT2D eigenvalue weighted by atomic mass is 19.4. The zero-order chi connectivity index (χ0) is 36.2. The number of nitrogens with one attached hydrogen (secondary N) is 3. The van der Waals surface area contributed by atoms with Gasteiger partial charge in [0.25, 0.3) is 0 Å².